The molecule has 0 spiro atoms. The van der Waals surface area contributed by atoms with Gasteiger partial charge in [-0.15, -0.1) is 6.58 Å². The van der Waals surface area contributed by atoms with Gasteiger partial charge >= 0.3 is 0 Å². The van der Waals surface area contributed by atoms with E-state index in [0.29, 0.717) is 11.8 Å². The van der Waals surface area contributed by atoms with Crippen molar-refractivity contribution in [3.05, 3.63) is 48.7 Å². The maximum absolute atomic E-state index is 12.0. The Morgan fingerprint density at radius 2 is 1.66 bits per heavy atom. The van der Waals surface area contributed by atoms with E-state index >= 15 is 0 Å². The van der Waals surface area contributed by atoms with Gasteiger partial charge in [0.25, 0.3) is 0 Å². The second-order valence-electron chi connectivity index (χ2n) is 12.7. The molecule has 2 bridgehead atoms. The van der Waals surface area contributed by atoms with Gasteiger partial charge < -0.3 is 55.3 Å². The minimum atomic E-state index is -0.466. The number of hydrogen-bond acceptors (Lipinski definition) is 2. The minimum Gasteiger partial charge on any atom is -1.00 e. The van der Waals surface area contributed by atoms with E-state index in [0.717, 1.165) is 39.7 Å². The van der Waals surface area contributed by atoms with Crippen LogP contribution in [0, 0.1) is 11.8 Å². The predicted octanol–water partition coefficient (Wildman–Crippen LogP) is 1.83. The Balaban J connectivity index is 0.00000294. The van der Waals surface area contributed by atoms with Gasteiger partial charge in [-0.1, -0.05) is 77.2 Å². The Bertz CT molecular complexity index is 1070. The molecule has 1 aromatic carbocycles. The normalized spacial score (nSPS) is 24.0. The number of benzene rings is 1. The highest BCUT2D eigenvalue weighted by atomic mass is 127. The Labute approximate surface area is 278 Å². The topological polar surface area (TPSA) is 33.3 Å². The van der Waals surface area contributed by atoms with Crippen LogP contribution in [0.5, 0.6) is 5.75 Å². The van der Waals surface area contributed by atoms with Crippen LogP contribution in [0.3, 0.4) is 0 Å². The molecule has 0 radical (unpaired) electrons. The number of halogens is 2. The molecule has 4 heterocycles. The quantitative estimate of drug-likeness (QED) is 0.0884. The summed E-state index contributed by atoms with van der Waals surface area (Å²) in [6.45, 7) is 10.0. The van der Waals surface area contributed by atoms with E-state index in [1.54, 1.807) is 7.11 Å². The first-order chi connectivity index (χ1) is 19.0. The highest BCUT2D eigenvalue weighted by molar-refractivity contribution is 5.81. The molecular formula is C35H56BrIN2O2. The first kappa shape index (κ1) is 36.5. The van der Waals surface area contributed by atoms with Crippen LogP contribution in [0.15, 0.2) is 43.1 Å². The zero-order chi connectivity index (χ0) is 27.7. The molecule has 0 amide bonds. The lowest BCUT2D eigenvalue weighted by Gasteiger charge is -2.58. The lowest BCUT2D eigenvalue weighted by Crippen LogP contribution is -3.00. The van der Waals surface area contributed by atoms with Gasteiger partial charge in [-0.2, -0.15) is 0 Å². The van der Waals surface area contributed by atoms with Gasteiger partial charge in [0, 0.05) is 36.5 Å². The third kappa shape index (κ3) is 9.15. The molecule has 3 unspecified atom stereocenters. The predicted molar refractivity (Wildman–Crippen MR) is 163 cm³/mol. The van der Waals surface area contributed by atoms with Gasteiger partial charge in [0.05, 0.1) is 32.1 Å². The van der Waals surface area contributed by atoms with Crippen LogP contribution < -0.4 is 50.3 Å². The number of hydrogen-bond donors (Lipinski definition) is 1. The molecule has 3 aliphatic rings. The Kier molecular flexibility index (Phi) is 16.2. The van der Waals surface area contributed by atoms with Crippen molar-refractivity contribution in [1.29, 1.82) is 0 Å². The maximum Gasteiger partial charge on any atom is 0.212 e. The van der Waals surface area contributed by atoms with Gasteiger partial charge in [0.1, 0.15) is 24.9 Å². The van der Waals surface area contributed by atoms with Crippen molar-refractivity contribution in [3.63, 3.8) is 0 Å². The summed E-state index contributed by atoms with van der Waals surface area (Å²) in [5.74, 6) is 2.09. The lowest BCUT2D eigenvalue weighted by molar-refractivity contribution is -0.973. The summed E-state index contributed by atoms with van der Waals surface area (Å²) in [4.78, 5) is 0. The number of ether oxygens (including phenoxy) is 1. The second kappa shape index (κ2) is 18.2. The number of pyridine rings is 1. The molecule has 0 aliphatic carbocycles. The number of nitrogens with zero attached hydrogens (tertiary/aromatic N) is 2. The summed E-state index contributed by atoms with van der Waals surface area (Å²) >= 11 is 0. The Morgan fingerprint density at radius 1 is 1.02 bits per heavy atom. The van der Waals surface area contributed by atoms with Crippen molar-refractivity contribution in [2.45, 2.75) is 109 Å². The highest BCUT2D eigenvalue weighted by Crippen LogP contribution is 2.47. The molecule has 41 heavy (non-hydrogen) atoms. The molecular weight excluding hydrogens is 687 g/mol. The first-order valence-electron chi connectivity index (χ1n) is 16.2. The number of fused-ring (bicyclic) bond motifs is 4. The van der Waals surface area contributed by atoms with Gasteiger partial charge in [-0.25, -0.2) is 4.57 Å². The summed E-state index contributed by atoms with van der Waals surface area (Å²) in [6.07, 6.45) is 22.8. The van der Waals surface area contributed by atoms with Gasteiger partial charge in [0.2, 0.25) is 5.52 Å². The molecule has 4 nitrogen and oxygen atoms in total. The fraction of sp³-hybridized carbons (Fsp3) is 0.686. The van der Waals surface area contributed by atoms with Crippen LogP contribution in [-0.4, -0.2) is 42.4 Å². The monoisotopic (exact) mass is 742 g/mol. The van der Waals surface area contributed by atoms with Crippen molar-refractivity contribution < 1.29 is 59.9 Å². The molecule has 0 saturated carbocycles. The third-order valence-corrected chi connectivity index (χ3v) is 10.2. The van der Waals surface area contributed by atoms with Crippen molar-refractivity contribution >= 4 is 10.9 Å². The van der Waals surface area contributed by atoms with Crippen LogP contribution in [0.4, 0.5) is 0 Å². The average Bonchev–Trinajstić information content (AvgIpc) is 2.97. The number of rotatable bonds is 17. The van der Waals surface area contributed by atoms with Crippen molar-refractivity contribution in [1.82, 2.24) is 0 Å². The van der Waals surface area contributed by atoms with E-state index in [-0.39, 0.29) is 47.0 Å². The fourth-order valence-electron chi connectivity index (χ4n) is 7.77. The number of aliphatic hydroxyl groups is 1. The number of quaternary nitrogens is 1. The van der Waals surface area contributed by atoms with E-state index in [4.69, 9.17) is 4.74 Å². The lowest BCUT2D eigenvalue weighted by atomic mass is 9.71. The second-order valence-corrected chi connectivity index (χ2v) is 12.7. The SMILES string of the molecule is C=CC1C[N+]2(CCCCCCCCCCCCCC)CCC1C[C@H]2[C@@H](O)c1cc[n+](C)c2ccc(OC)cc12.[Br-].[I-]. The molecule has 3 saturated heterocycles. The molecule has 5 rings (SSSR count). The molecule has 3 fully saturated rings. The number of piperidine rings is 3. The number of aryl methyl sites for hydroxylation is 1. The largest absolute Gasteiger partial charge is 1.00 e. The number of methoxy groups -OCH3 is 1. The number of aromatic nitrogens is 1. The molecule has 1 aromatic heterocycles. The van der Waals surface area contributed by atoms with Gasteiger partial charge in [0.15, 0.2) is 6.20 Å². The van der Waals surface area contributed by atoms with Crippen LogP contribution >= 0.6 is 0 Å². The highest BCUT2D eigenvalue weighted by Gasteiger charge is 2.53. The smallest absolute Gasteiger partial charge is 0.212 e. The van der Waals surface area contributed by atoms with E-state index in [1.165, 1.54) is 96.6 Å². The number of aliphatic hydroxyl groups excluding tert-OH is 1. The molecule has 5 atom stereocenters. The maximum atomic E-state index is 12.0. The van der Waals surface area contributed by atoms with Gasteiger partial charge in [-0.3, -0.25) is 0 Å². The standard InChI is InChI=1S/C35H56N2O2.BrH.HI/c1-5-7-8-9-10-11-12-13-14-15-16-17-23-37-24-21-29(28(6-2)27-37)25-34(37)35(38)31-20-22-36(3)33-19-18-30(39-4)26-32(31)33;;/h6,18-20,22,26,28-29,34-35,38H,2,5,7-17,21,23-25,27H2,1,3-4H3;2*1H/q+2;;/p-2/t28?,29?,34-,35-,37?;;/m0../s1. The summed E-state index contributed by atoms with van der Waals surface area (Å²) in [5.41, 5.74) is 2.20. The number of unbranched alkanes of at least 4 members (excludes halogenated alkanes) is 11. The van der Waals surface area contributed by atoms with Crippen molar-refractivity contribution in [2.75, 3.05) is 26.7 Å². The van der Waals surface area contributed by atoms with Crippen LogP contribution in [0.1, 0.15) is 108 Å². The van der Waals surface area contributed by atoms with E-state index in [1.807, 2.05) is 6.07 Å². The Hall–Kier alpha value is -0.700. The summed E-state index contributed by atoms with van der Waals surface area (Å²) in [7, 11) is 3.80. The third-order valence-electron chi connectivity index (χ3n) is 10.2. The fourth-order valence-corrected chi connectivity index (χ4v) is 7.77. The van der Waals surface area contributed by atoms with Crippen molar-refractivity contribution in [3.8, 4) is 5.75 Å². The summed E-state index contributed by atoms with van der Waals surface area (Å²) < 4.78 is 8.77. The summed E-state index contributed by atoms with van der Waals surface area (Å²) in [5, 5.41) is 13.2. The molecule has 6 heteroatoms. The average molecular weight is 744 g/mol. The van der Waals surface area contributed by atoms with E-state index < -0.39 is 6.10 Å². The van der Waals surface area contributed by atoms with Crippen LogP contribution in [0.2, 0.25) is 0 Å². The first-order valence-corrected chi connectivity index (χ1v) is 16.2. The molecule has 3 aliphatic heterocycles. The Morgan fingerprint density at radius 3 is 2.27 bits per heavy atom. The molecule has 2 aromatic rings. The molecule has 1 N–H and O–H groups in total. The zero-order valence-electron chi connectivity index (χ0n) is 26.0. The molecule has 232 valence electrons. The van der Waals surface area contributed by atoms with Gasteiger partial charge in [-0.05, 0) is 30.9 Å². The van der Waals surface area contributed by atoms with Crippen LogP contribution in [-0.2, 0) is 7.05 Å². The van der Waals surface area contributed by atoms with E-state index in [9.17, 15) is 5.11 Å². The van der Waals surface area contributed by atoms with Crippen molar-refractivity contribution in [2.24, 2.45) is 18.9 Å². The minimum absolute atomic E-state index is 0. The van der Waals surface area contributed by atoms with Crippen LogP contribution in [0.25, 0.3) is 10.9 Å². The zero-order valence-corrected chi connectivity index (χ0v) is 29.8. The summed E-state index contributed by atoms with van der Waals surface area (Å²) in [6, 6.07) is 8.63. The van der Waals surface area contributed by atoms with E-state index in [2.05, 4.69) is 55.6 Å².